The lowest BCUT2D eigenvalue weighted by Crippen LogP contribution is -2.44. The number of benzene rings is 2. The molecule has 2 heterocycles. The van der Waals surface area contributed by atoms with Gasteiger partial charge in [0, 0.05) is 10.9 Å². The second kappa shape index (κ2) is 7.76. The lowest BCUT2D eigenvalue weighted by atomic mass is 10.1. The van der Waals surface area contributed by atoms with E-state index in [1.165, 1.54) is 5.56 Å². The van der Waals surface area contributed by atoms with Crippen LogP contribution in [0.1, 0.15) is 36.4 Å². The maximum absolute atomic E-state index is 12.9. The number of fused-ring (bicyclic) bond motifs is 1. The first kappa shape index (κ1) is 18.7. The van der Waals surface area contributed by atoms with Crippen LogP contribution in [-0.4, -0.2) is 17.0 Å². The van der Waals surface area contributed by atoms with E-state index in [4.69, 9.17) is 9.72 Å². The van der Waals surface area contributed by atoms with Crippen LogP contribution in [0.4, 0.5) is 5.69 Å². The fourth-order valence-corrected chi connectivity index (χ4v) is 4.29. The molecule has 0 saturated carbocycles. The van der Waals surface area contributed by atoms with Crippen LogP contribution in [-0.2, 0) is 17.8 Å². The van der Waals surface area contributed by atoms with E-state index >= 15 is 0 Å². The minimum atomic E-state index is -0.487. The number of rotatable bonds is 5. The van der Waals surface area contributed by atoms with Gasteiger partial charge in [0.2, 0.25) is 0 Å². The molecule has 1 aliphatic rings. The van der Waals surface area contributed by atoms with Gasteiger partial charge in [-0.05, 0) is 50.5 Å². The summed E-state index contributed by atoms with van der Waals surface area (Å²) in [4.78, 5) is 19.5. The molecule has 0 fully saturated rings. The number of carbonyl (C=O) groups excluding carboxylic acids is 1. The molecule has 4 rings (SSSR count). The lowest BCUT2D eigenvalue weighted by Gasteiger charge is -2.33. The van der Waals surface area contributed by atoms with Crippen molar-refractivity contribution in [1.29, 1.82) is 0 Å². The molecule has 2 aromatic carbocycles. The van der Waals surface area contributed by atoms with Gasteiger partial charge >= 0.3 is 0 Å². The molecule has 0 radical (unpaired) electrons. The first-order chi connectivity index (χ1) is 13.5. The van der Waals surface area contributed by atoms with E-state index in [1.54, 1.807) is 18.3 Å². The van der Waals surface area contributed by atoms with E-state index in [2.05, 4.69) is 43.5 Å². The highest BCUT2D eigenvalue weighted by Gasteiger charge is 2.32. The van der Waals surface area contributed by atoms with Gasteiger partial charge in [0.25, 0.3) is 5.91 Å². The third-order valence-corrected chi connectivity index (χ3v) is 5.85. The Kier molecular flexibility index (Phi) is 5.18. The SMILES string of the molecule is CCCc1nc(-c2ccc3c(c2)N(Cc2ccc(C)cc2)C(=O)C(C)O3)cs1. The third-order valence-electron chi connectivity index (χ3n) is 4.94. The van der Waals surface area contributed by atoms with Crippen molar-refractivity contribution in [2.45, 2.75) is 46.3 Å². The molecule has 5 heteroatoms. The van der Waals surface area contributed by atoms with Crippen molar-refractivity contribution >= 4 is 22.9 Å². The van der Waals surface area contributed by atoms with Crippen molar-refractivity contribution in [1.82, 2.24) is 4.98 Å². The Morgan fingerprint density at radius 1 is 1.18 bits per heavy atom. The van der Waals surface area contributed by atoms with Crippen LogP contribution in [0.15, 0.2) is 47.8 Å². The molecule has 0 saturated heterocycles. The van der Waals surface area contributed by atoms with Crippen LogP contribution in [0.25, 0.3) is 11.3 Å². The largest absolute Gasteiger partial charge is 0.479 e. The summed E-state index contributed by atoms with van der Waals surface area (Å²) in [5.41, 5.74) is 5.09. The lowest BCUT2D eigenvalue weighted by molar-refractivity contribution is -0.125. The Morgan fingerprint density at radius 2 is 1.96 bits per heavy atom. The summed E-state index contributed by atoms with van der Waals surface area (Å²) in [6.45, 7) is 6.56. The van der Waals surface area contributed by atoms with Crippen molar-refractivity contribution in [2.75, 3.05) is 4.90 Å². The zero-order chi connectivity index (χ0) is 19.7. The van der Waals surface area contributed by atoms with Gasteiger partial charge < -0.3 is 9.64 Å². The smallest absolute Gasteiger partial charge is 0.268 e. The molecule has 1 amide bonds. The monoisotopic (exact) mass is 392 g/mol. The Labute approximate surface area is 169 Å². The minimum Gasteiger partial charge on any atom is -0.479 e. The number of hydrogen-bond donors (Lipinski definition) is 0. The first-order valence-electron chi connectivity index (χ1n) is 9.67. The molecule has 0 spiro atoms. The standard InChI is InChI=1S/C23H24N2O2S/c1-4-5-22-24-19(14-28-22)18-10-11-21-20(12-18)25(23(26)16(3)27-21)13-17-8-6-15(2)7-9-17/h6-12,14,16H,4-5,13H2,1-3H3. The van der Waals surface area contributed by atoms with E-state index in [0.29, 0.717) is 6.54 Å². The van der Waals surface area contributed by atoms with Crippen molar-refractivity contribution in [2.24, 2.45) is 0 Å². The quantitative estimate of drug-likeness (QED) is 0.585. The molecule has 144 valence electrons. The van der Waals surface area contributed by atoms with E-state index in [1.807, 2.05) is 23.1 Å². The molecule has 0 aliphatic carbocycles. The fourth-order valence-electron chi connectivity index (χ4n) is 3.38. The first-order valence-corrected chi connectivity index (χ1v) is 10.6. The van der Waals surface area contributed by atoms with Crippen molar-refractivity contribution in [3.63, 3.8) is 0 Å². The number of aromatic nitrogens is 1. The topological polar surface area (TPSA) is 42.4 Å². The van der Waals surface area contributed by atoms with E-state index in [-0.39, 0.29) is 5.91 Å². The third kappa shape index (κ3) is 3.67. The second-order valence-corrected chi connectivity index (χ2v) is 8.17. The zero-order valence-electron chi connectivity index (χ0n) is 16.4. The predicted molar refractivity (Wildman–Crippen MR) is 114 cm³/mol. The van der Waals surface area contributed by atoms with E-state index in [9.17, 15) is 4.79 Å². The summed E-state index contributed by atoms with van der Waals surface area (Å²) in [7, 11) is 0. The van der Waals surface area contributed by atoms with E-state index in [0.717, 1.165) is 46.1 Å². The molecule has 0 bridgehead atoms. The van der Waals surface area contributed by atoms with Gasteiger partial charge in [-0.2, -0.15) is 0 Å². The Morgan fingerprint density at radius 3 is 2.71 bits per heavy atom. The summed E-state index contributed by atoms with van der Waals surface area (Å²) < 4.78 is 5.86. The van der Waals surface area contributed by atoms with Gasteiger partial charge in [-0.25, -0.2) is 4.98 Å². The van der Waals surface area contributed by atoms with Gasteiger partial charge in [0.05, 0.1) is 22.9 Å². The van der Waals surface area contributed by atoms with Crippen LogP contribution < -0.4 is 9.64 Å². The number of hydrogen-bond acceptors (Lipinski definition) is 4. The van der Waals surface area contributed by atoms with Gasteiger partial charge in [-0.3, -0.25) is 4.79 Å². The molecular formula is C23H24N2O2S. The van der Waals surface area contributed by atoms with Gasteiger partial charge in [0.15, 0.2) is 6.10 Å². The minimum absolute atomic E-state index is 0.0184. The van der Waals surface area contributed by atoms with Crippen LogP contribution in [0.5, 0.6) is 5.75 Å². The fraction of sp³-hybridized carbons (Fsp3) is 0.304. The predicted octanol–water partition coefficient (Wildman–Crippen LogP) is 5.39. The Hall–Kier alpha value is -2.66. The number of anilines is 1. The Bertz CT molecular complexity index is 994. The second-order valence-electron chi connectivity index (χ2n) is 7.23. The van der Waals surface area contributed by atoms with E-state index < -0.39 is 6.10 Å². The van der Waals surface area contributed by atoms with Crippen molar-refractivity contribution in [3.8, 4) is 17.0 Å². The summed E-state index contributed by atoms with van der Waals surface area (Å²) in [6.07, 6.45) is 1.59. The van der Waals surface area contributed by atoms with Gasteiger partial charge in [-0.15, -0.1) is 11.3 Å². The molecular weight excluding hydrogens is 368 g/mol. The molecule has 0 N–H and O–H groups in total. The van der Waals surface area contributed by atoms with Gasteiger partial charge in [-0.1, -0.05) is 36.8 Å². The van der Waals surface area contributed by atoms with Crippen LogP contribution >= 0.6 is 11.3 Å². The molecule has 4 nitrogen and oxygen atoms in total. The molecule has 1 aromatic heterocycles. The van der Waals surface area contributed by atoms with Crippen LogP contribution in [0.3, 0.4) is 0 Å². The Balaban J connectivity index is 1.70. The number of aryl methyl sites for hydroxylation is 2. The maximum Gasteiger partial charge on any atom is 0.268 e. The average Bonchev–Trinajstić information content (AvgIpc) is 3.16. The van der Waals surface area contributed by atoms with Crippen LogP contribution in [0.2, 0.25) is 0 Å². The molecule has 28 heavy (non-hydrogen) atoms. The number of carbonyl (C=O) groups is 1. The molecule has 1 atom stereocenters. The summed E-state index contributed by atoms with van der Waals surface area (Å²) in [5.74, 6) is 0.724. The summed E-state index contributed by atoms with van der Waals surface area (Å²) >= 11 is 1.69. The molecule has 1 aliphatic heterocycles. The maximum atomic E-state index is 12.9. The summed E-state index contributed by atoms with van der Waals surface area (Å²) in [5, 5.41) is 3.23. The highest BCUT2D eigenvalue weighted by molar-refractivity contribution is 7.09. The van der Waals surface area contributed by atoms with Crippen LogP contribution in [0, 0.1) is 6.92 Å². The number of ether oxygens (including phenoxy) is 1. The number of amides is 1. The number of thiazole rings is 1. The number of nitrogens with zero attached hydrogens (tertiary/aromatic N) is 2. The van der Waals surface area contributed by atoms with Gasteiger partial charge in [0.1, 0.15) is 5.75 Å². The molecule has 1 unspecified atom stereocenters. The zero-order valence-corrected chi connectivity index (χ0v) is 17.3. The average molecular weight is 393 g/mol. The highest BCUT2D eigenvalue weighted by Crippen LogP contribution is 2.38. The van der Waals surface area contributed by atoms with Crippen molar-refractivity contribution < 1.29 is 9.53 Å². The summed E-state index contributed by atoms with van der Waals surface area (Å²) in [6, 6.07) is 14.3. The molecule has 3 aromatic rings. The van der Waals surface area contributed by atoms with Crippen molar-refractivity contribution in [3.05, 3.63) is 64.0 Å². The highest BCUT2D eigenvalue weighted by atomic mass is 32.1. The normalized spacial score (nSPS) is 16.0.